The molecule has 3 fully saturated rings. The SMILES string of the molecule is C=CCN(C(=O)C1N(CCCCCO)C(=O)[C@@H]2[C@H](C(=O)O)[C@]3(C)CCC12S3)C(C)CCC. The number of aliphatic carboxylic acids is 1. The fourth-order valence-electron chi connectivity index (χ4n) is 6.25. The smallest absolute Gasteiger partial charge is 0.308 e. The average molecular weight is 467 g/mol. The molecule has 0 aromatic rings. The summed E-state index contributed by atoms with van der Waals surface area (Å²) in [5, 5.41) is 19.2. The molecule has 32 heavy (non-hydrogen) atoms. The lowest BCUT2D eigenvalue weighted by Crippen LogP contribution is -2.56. The minimum absolute atomic E-state index is 0.0155. The van der Waals surface area contributed by atoms with Crippen molar-refractivity contribution >= 4 is 29.5 Å². The second-order valence-corrected chi connectivity index (χ2v) is 11.7. The predicted octanol–water partition coefficient (Wildman–Crippen LogP) is 2.92. The fraction of sp³-hybridized carbons (Fsp3) is 0.792. The molecule has 2 amide bonds. The van der Waals surface area contributed by atoms with Gasteiger partial charge < -0.3 is 20.0 Å². The largest absolute Gasteiger partial charge is 0.481 e. The van der Waals surface area contributed by atoms with Gasteiger partial charge in [0.15, 0.2) is 0 Å². The molecular weight excluding hydrogens is 428 g/mol. The van der Waals surface area contributed by atoms with Crippen LogP contribution in [0.2, 0.25) is 0 Å². The van der Waals surface area contributed by atoms with Crippen molar-refractivity contribution in [3.63, 3.8) is 0 Å². The number of fused-ring (bicyclic) bond motifs is 1. The van der Waals surface area contributed by atoms with Crippen LogP contribution in [0.1, 0.15) is 65.7 Å². The minimum atomic E-state index is -0.935. The van der Waals surface area contributed by atoms with E-state index in [2.05, 4.69) is 13.5 Å². The summed E-state index contributed by atoms with van der Waals surface area (Å²) in [6.07, 6.45) is 7.00. The molecule has 3 aliphatic rings. The first-order valence-electron chi connectivity index (χ1n) is 11.9. The molecule has 0 aliphatic carbocycles. The highest BCUT2D eigenvalue weighted by atomic mass is 32.2. The zero-order valence-electron chi connectivity index (χ0n) is 19.6. The number of carboxylic acid groups (broad SMARTS) is 1. The Kier molecular flexibility index (Phi) is 7.65. The molecule has 2 N–H and O–H groups in total. The fourth-order valence-corrected chi connectivity index (χ4v) is 8.59. The molecule has 180 valence electrons. The van der Waals surface area contributed by atoms with Crippen LogP contribution in [0.25, 0.3) is 0 Å². The predicted molar refractivity (Wildman–Crippen MR) is 125 cm³/mol. The Morgan fingerprint density at radius 2 is 2.06 bits per heavy atom. The summed E-state index contributed by atoms with van der Waals surface area (Å²) in [6.45, 7) is 10.8. The Morgan fingerprint density at radius 1 is 1.34 bits per heavy atom. The number of nitrogens with zero attached hydrogens (tertiary/aromatic N) is 2. The molecule has 3 saturated heterocycles. The van der Waals surface area contributed by atoms with Gasteiger partial charge in [-0.25, -0.2) is 0 Å². The standard InChI is InChI=1S/C24H38N2O5S/c1-5-10-16(3)25(13-6-2)21(29)19-24-12-11-23(4,32-24)18(22(30)31)17(24)20(28)26(19)14-8-7-9-15-27/h6,16-19,27H,2,5,7-15H2,1,3-4H3,(H,30,31)/t16?,17-,18+,19?,23-,24?/m0/s1. The molecule has 0 saturated carbocycles. The van der Waals surface area contributed by atoms with Crippen molar-refractivity contribution in [2.24, 2.45) is 11.8 Å². The Bertz CT molecular complexity index is 761. The van der Waals surface area contributed by atoms with Crippen LogP contribution in [0.4, 0.5) is 0 Å². The Hall–Kier alpha value is -1.54. The molecule has 3 unspecified atom stereocenters. The first-order chi connectivity index (χ1) is 15.2. The van der Waals surface area contributed by atoms with Crippen LogP contribution in [0.5, 0.6) is 0 Å². The molecule has 6 atom stereocenters. The Morgan fingerprint density at radius 3 is 2.66 bits per heavy atom. The third kappa shape index (κ3) is 3.98. The molecule has 1 spiro atoms. The summed E-state index contributed by atoms with van der Waals surface area (Å²) in [5.41, 5.74) is 0. The van der Waals surface area contributed by atoms with Gasteiger partial charge in [0, 0.05) is 30.5 Å². The summed E-state index contributed by atoms with van der Waals surface area (Å²) in [7, 11) is 0. The van der Waals surface area contributed by atoms with Crippen molar-refractivity contribution in [3.8, 4) is 0 Å². The first-order valence-corrected chi connectivity index (χ1v) is 12.8. The highest BCUT2D eigenvalue weighted by molar-refractivity contribution is 8.02. The molecule has 3 aliphatic heterocycles. The van der Waals surface area contributed by atoms with Gasteiger partial charge in [0.25, 0.3) is 0 Å². The molecule has 7 nitrogen and oxygen atoms in total. The lowest BCUT2D eigenvalue weighted by Gasteiger charge is -2.39. The highest BCUT2D eigenvalue weighted by Gasteiger charge is 2.77. The summed E-state index contributed by atoms with van der Waals surface area (Å²) in [5.74, 6) is -2.63. The number of aliphatic hydroxyl groups excluding tert-OH is 1. The van der Waals surface area contributed by atoms with Crippen LogP contribution in [-0.4, -0.2) is 79.1 Å². The van der Waals surface area contributed by atoms with Crippen LogP contribution < -0.4 is 0 Å². The van der Waals surface area contributed by atoms with Gasteiger partial charge in [-0.1, -0.05) is 19.4 Å². The highest BCUT2D eigenvalue weighted by Crippen LogP contribution is 2.71. The zero-order valence-corrected chi connectivity index (χ0v) is 20.4. The number of rotatable bonds is 12. The lowest BCUT2D eigenvalue weighted by molar-refractivity contribution is -0.150. The third-order valence-corrected chi connectivity index (χ3v) is 9.67. The van der Waals surface area contributed by atoms with E-state index in [1.54, 1.807) is 22.7 Å². The second-order valence-electron chi connectivity index (χ2n) is 9.80. The van der Waals surface area contributed by atoms with Gasteiger partial charge in [-0.2, -0.15) is 0 Å². The van der Waals surface area contributed by atoms with Gasteiger partial charge in [-0.05, 0) is 52.4 Å². The van der Waals surface area contributed by atoms with E-state index in [-0.39, 0.29) is 24.5 Å². The molecule has 8 heteroatoms. The maximum absolute atomic E-state index is 14.1. The van der Waals surface area contributed by atoms with E-state index < -0.39 is 33.3 Å². The molecule has 2 bridgehead atoms. The van der Waals surface area contributed by atoms with Crippen LogP contribution >= 0.6 is 11.8 Å². The van der Waals surface area contributed by atoms with Gasteiger partial charge in [-0.3, -0.25) is 14.4 Å². The second kappa shape index (κ2) is 9.75. The van der Waals surface area contributed by atoms with Crippen molar-refractivity contribution < 1.29 is 24.6 Å². The van der Waals surface area contributed by atoms with E-state index in [4.69, 9.17) is 5.11 Å². The van der Waals surface area contributed by atoms with Gasteiger partial charge in [0.05, 0.1) is 16.6 Å². The van der Waals surface area contributed by atoms with E-state index in [1.807, 2.05) is 18.7 Å². The van der Waals surface area contributed by atoms with E-state index in [0.29, 0.717) is 38.8 Å². The maximum atomic E-state index is 14.1. The van der Waals surface area contributed by atoms with Gasteiger partial charge in [0.1, 0.15) is 6.04 Å². The minimum Gasteiger partial charge on any atom is -0.481 e. The zero-order chi connectivity index (χ0) is 23.7. The number of carbonyl (C=O) groups excluding carboxylic acids is 2. The van der Waals surface area contributed by atoms with Gasteiger partial charge in [0.2, 0.25) is 11.8 Å². The van der Waals surface area contributed by atoms with E-state index in [9.17, 15) is 19.5 Å². The molecule has 3 heterocycles. The third-order valence-electron chi connectivity index (χ3n) is 7.68. The topological polar surface area (TPSA) is 98.2 Å². The molecule has 0 aromatic heterocycles. The summed E-state index contributed by atoms with van der Waals surface area (Å²) < 4.78 is -1.21. The summed E-state index contributed by atoms with van der Waals surface area (Å²) >= 11 is 1.58. The van der Waals surface area contributed by atoms with Crippen molar-refractivity contribution in [1.29, 1.82) is 0 Å². The Balaban J connectivity index is 2.00. The number of hydrogen-bond donors (Lipinski definition) is 2. The van der Waals surface area contributed by atoms with E-state index >= 15 is 0 Å². The Labute approximate surface area is 195 Å². The number of unbranched alkanes of at least 4 members (excludes halogenated alkanes) is 2. The van der Waals surface area contributed by atoms with Crippen LogP contribution in [-0.2, 0) is 14.4 Å². The van der Waals surface area contributed by atoms with Crippen LogP contribution in [0.3, 0.4) is 0 Å². The number of amides is 2. The monoisotopic (exact) mass is 466 g/mol. The first kappa shape index (κ1) is 25.1. The number of carbonyl (C=O) groups is 3. The summed E-state index contributed by atoms with van der Waals surface area (Å²) in [6, 6.07) is -0.633. The number of hydrogen-bond acceptors (Lipinski definition) is 5. The van der Waals surface area contributed by atoms with Gasteiger partial charge in [-0.15, -0.1) is 18.3 Å². The number of thioether (sulfide) groups is 1. The molecule has 3 rings (SSSR count). The normalized spacial score (nSPS) is 33.9. The molecule has 0 radical (unpaired) electrons. The van der Waals surface area contributed by atoms with Gasteiger partial charge >= 0.3 is 5.97 Å². The van der Waals surface area contributed by atoms with E-state index in [1.165, 1.54) is 0 Å². The van der Waals surface area contributed by atoms with Crippen molar-refractivity contribution in [2.75, 3.05) is 19.7 Å². The van der Waals surface area contributed by atoms with E-state index in [0.717, 1.165) is 19.3 Å². The number of aliphatic hydroxyl groups is 1. The molecular formula is C24H38N2O5S. The number of carboxylic acids is 1. The lowest BCUT2D eigenvalue weighted by atomic mass is 9.66. The van der Waals surface area contributed by atoms with Crippen LogP contribution in [0, 0.1) is 11.8 Å². The number of likely N-dealkylation sites (tertiary alicyclic amines) is 1. The van der Waals surface area contributed by atoms with Crippen molar-refractivity contribution in [1.82, 2.24) is 9.80 Å². The average Bonchev–Trinajstić information content (AvgIpc) is 3.30. The van der Waals surface area contributed by atoms with Crippen molar-refractivity contribution in [2.45, 2.75) is 87.3 Å². The summed E-state index contributed by atoms with van der Waals surface area (Å²) in [4.78, 5) is 43.6. The molecule has 0 aromatic carbocycles. The quantitative estimate of drug-likeness (QED) is 0.339. The maximum Gasteiger partial charge on any atom is 0.308 e. The van der Waals surface area contributed by atoms with Crippen molar-refractivity contribution in [3.05, 3.63) is 12.7 Å². The van der Waals surface area contributed by atoms with Crippen LogP contribution in [0.15, 0.2) is 12.7 Å².